The second-order valence-electron chi connectivity index (χ2n) is 5.46. The predicted octanol–water partition coefficient (Wildman–Crippen LogP) is 2.68. The quantitative estimate of drug-likeness (QED) is 0.721. The normalized spacial score (nSPS) is 10.4. The Labute approximate surface area is 146 Å². The second kappa shape index (κ2) is 9.17. The molecule has 0 saturated heterocycles. The standard InChI is InChI=1S/C18H22N2O3S/c1-13-5-6-15(10-14(13)2)18(22)20-11-17(21)19-7-9-24-12-16-4-3-8-23-16/h3-6,8,10H,7,9,11-12H2,1-2H3,(H,19,21)(H,20,22). The highest BCUT2D eigenvalue weighted by molar-refractivity contribution is 7.98. The van der Waals surface area contributed by atoms with Crippen molar-refractivity contribution in [2.75, 3.05) is 18.8 Å². The van der Waals surface area contributed by atoms with E-state index in [0.717, 1.165) is 28.4 Å². The Morgan fingerprint density at radius 2 is 1.96 bits per heavy atom. The number of nitrogens with one attached hydrogen (secondary N) is 2. The van der Waals surface area contributed by atoms with E-state index >= 15 is 0 Å². The van der Waals surface area contributed by atoms with Crippen molar-refractivity contribution in [1.29, 1.82) is 0 Å². The first-order chi connectivity index (χ1) is 11.6. The lowest BCUT2D eigenvalue weighted by Gasteiger charge is -2.08. The van der Waals surface area contributed by atoms with E-state index in [1.807, 2.05) is 38.1 Å². The second-order valence-corrected chi connectivity index (χ2v) is 6.57. The lowest BCUT2D eigenvalue weighted by atomic mass is 10.1. The fourth-order valence-electron chi connectivity index (χ4n) is 2.04. The van der Waals surface area contributed by atoms with Gasteiger partial charge in [-0.25, -0.2) is 0 Å². The van der Waals surface area contributed by atoms with Gasteiger partial charge in [-0.05, 0) is 49.2 Å². The number of carbonyl (C=O) groups excluding carboxylic acids is 2. The SMILES string of the molecule is Cc1ccc(C(=O)NCC(=O)NCCSCc2ccco2)cc1C. The summed E-state index contributed by atoms with van der Waals surface area (Å²) in [6.07, 6.45) is 1.65. The Kier molecular flexibility index (Phi) is 6.93. The molecule has 0 saturated carbocycles. The molecule has 2 amide bonds. The fourth-order valence-corrected chi connectivity index (χ4v) is 2.79. The summed E-state index contributed by atoms with van der Waals surface area (Å²) in [6, 6.07) is 9.28. The lowest BCUT2D eigenvalue weighted by Crippen LogP contribution is -2.37. The molecule has 0 atom stereocenters. The smallest absolute Gasteiger partial charge is 0.251 e. The molecule has 2 rings (SSSR count). The van der Waals surface area contributed by atoms with Crippen molar-refractivity contribution < 1.29 is 14.0 Å². The van der Waals surface area contributed by atoms with Crippen molar-refractivity contribution in [3.8, 4) is 0 Å². The molecule has 0 fully saturated rings. The number of carbonyl (C=O) groups is 2. The Balaban J connectivity index is 1.61. The van der Waals surface area contributed by atoms with Crippen LogP contribution in [0.5, 0.6) is 0 Å². The highest BCUT2D eigenvalue weighted by Crippen LogP contribution is 2.11. The van der Waals surface area contributed by atoms with Crippen LogP contribution in [0.3, 0.4) is 0 Å². The summed E-state index contributed by atoms with van der Waals surface area (Å²) in [6.45, 7) is 4.49. The van der Waals surface area contributed by atoms with Gasteiger partial charge in [-0.15, -0.1) is 0 Å². The van der Waals surface area contributed by atoms with Gasteiger partial charge in [-0.3, -0.25) is 9.59 Å². The zero-order chi connectivity index (χ0) is 17.4. The van der Waals surface area contributed by atoms with E-state index in [1.54, 1.807) is 24.1 Å². The molecule has 0 unspecified atom stereocenters. The first-order valence-electron chi connectivity index (χ1n) is 7.78. The minimum Gasteiger partial charge on any atom is -0.468 e. The maximum Gasteiger partial charge on any atom is 0.251 e. The Hall–Kier alpha value is -2.21. The fraction of sp³-hybridized carbons (Fsp3) is 0.333. The summed E-state index contributed by atoms with van der Waals surface area (Å²) in [7, 11) is 0. The average Bonchev–Trinajstić information content (AvgIpc) is 3.08. The van der Waals surface area contributed by atoms with E-state index in [9.17, 15) is 9.59 Å². The van der Waals surface area contributed by atoms with Gasteiger partial charge in [0.05, 0.1) is 18.6 Å². The van der Waals surface area contributed by atoms with Crippen LogP contribution in [0.2, 0.25) is 0 Å². The third-order valence-corrected chi connectivity index (χ3v) is 4.55. The number of aryl methyl sites for hydroxylation is 2. The van der Waals surface area contributed by atoms with E-state index in [0.29, 0.717) is 12.1 Å². The molecule has 0 radical (unpaired) electrons. The number of hydrogen-bond acceptors (Lipinski definition) is 4. The molecular weight excluding hydrogens is 324 g/mol. The van der Waals surface area contributed by atoms with Gasteiger partial charge >= 0.3 is 0 Å². The van der Waals surface area contributed by atoms with Gasteiger partial charge in [0.15, 0.2) is 0 Å². The molecule has 128 valence electrons. The van der Waals surface area contributed by atoms with Gasteiger partial charge in [-0.2, -0.15) is 11.8 Å². The van der Waals surface area contributed by atoms with E-state index in [2.05, 4.69) is 10.6 Å². The minimum atomic E-state index is -0.236. The van der Waals surface area contributed by atoms with Gasteiger partial charge in [0.1, 0.15) is 5.76 Å². The first-order valence-corrected chi connectivity index (χ1v) is 8.94. The van der Waals surface area contributed by atoms with Gasteiger partial charge < -0.3 is 15.1 Å². The number of hydrogen-bond donors (Lipinski definition) is 2. The largest absolute Gasteiger partial charge is 0.468 e. The van der Waals surface area contributed by atoms with Crippen LogP contribution >= 0.6 is 11.8 Å². The predicted molar refractivity (Wildman–Crippen MR) is 96.1 cm³/mol. The molecule has 24 heavy (non-hydrogen) atoms. The highest BCUT2D eigenvalue weighted by atomic mass is 32.2. The van der Waals surface area contributed by atoms with Crippen LogP contribution < -0.4 is 10.6 Å². The van der Waals surface area contributed by atoms with Gasteiger partial charge in [0, 0.05) is 17.9 Å². The van der Waals surface area contributed by atoms with Crippen molar-refractivity contribution in [3.05, 3.63) is 59.0 Å². The van der Waals surface area contributed by atoms with Gasteiger partial charge in [0.25, 0.3) is 5.91 Å². The summed E-state index contributed by atoms with van der Waals surface area (Å²) >= 11 is 1.68. The van der Waals surface area contributed by atoms with Crippen molar-refractivity contribution in [3.63, 3.8) is 0 Å². The molecule has 2 aromatic rings. The molecule has 1 heterocycles. The third kappa shape index (κ3) is 5.77. The molecular formula is C18H22N2O3S. The van der Waals surface area contributed by atoms with Crippen molar-refractivity contribution in [2.45, 2.75) is 19.6 Å². The number of benzene rings is 1. The van der Waals surface area contributed by atoms with Crippen LogP contribution in [0.15, 0.2) is 41.0 Å². The van der Waals surface area contributed by atoms with Crippen LogP contribution in [0.4, 0.5) is 0 Å². The minimum absolute atomic E-state index is 0.0192. The van der Waals surface area contributed by atoms with Gasteiger partial charge in [0.2, 0.25) is 5.91 Å². The molecule has 0 aliphatic rings. The first kappa shape index (κ1) is 18.1. The Morgan fingerprint density at radius 1 is 1.12 bits per heavy atom. The third-order valence-electron chi connectivity index (χ3n) is 3.57. The maximum atomic E-state index is 12.0. The average molecular weight is 346 g/mol. The number of amides is 2. The highest BCUT2D eigenvalue weighted by Gasteiger charge is 2.08. The van der Waals surface area contributed by atoms with Crippen LogP contribution in [0.25, 0.3) is 0 Å². The molecule has 6 heteroatoms. The Morgan fingerprint density at radius 3 is 2.67 bits per heavy atom. The lowest BCUT2D eigenvalue weighted by molar-refractivity contribution is -0.120. The van der Waals surface area contributed by atoms with E-state index < -0.39 is 0 Å². The molecule has 2 N–H and O–H groups in total. The summed E-state index contributed by atoms with van der Waals surface area (Å²) in [5.74, 6) is 2.07. The van der Waals surface area contributed by atoms with Crippen molar-refractivity contribution >= 4 is 23.6 Å². The van der Waals surface area contributed by atoms with E-state index in [-0.39, 0.29) is 18.4 Å². The van der Waals surface area contributed by atoms with Gasteiger partial charge in [-0.1, -0.05) is 6.07 Å². The molecule has 0 bridgehead atoms. The summed E-state index contributed by atoms with van der Waals surface area (Å²) < 4.78 is 5.23. The molecule has 1 aromatic carbocycles. The molecule has 5 nitrogen and oxygen atoms in total. The summed E-state index contributed by atoms with van der Waals surface area (Å²) in [5, 5.41) is 5.42. The molecule has 0 aliphatic carbocycles. The molecule has 0 spiro atoms. The zero-order valence-electron chi connectivity index (χ0n) is 13.9. The van der Waals surface area contributed by atoms with E-state index in [1.165, 1.54) is 0 Å². The monoisotopic (exact) mass is 346 g/mol. The van der Waals surface area contributed by atoms with E-state index in [4.69, 9.17) is 4.42 Å². The number of rotatable bonds is 8. The Bertz CT molecular complexity index is 684. The van der Waals surface area contributed by atoms with Crippen LogP contribution in [0.1, 0.15) is 27.2 Å². The van der Waals surface area contributed by atoms with Crippen LogP contribution in [0, 0.1) is 13.8 Å². The van der Waals surface area contributed by atoms with Crippen LogP contribution in [-0.4, -0.2) is 30.7 Å². The van der Waals surface area contributed by atoms with Crippen molar-refractivity contribution in [2.24, 2.45) is 0 Å². The molecule has 0 aliphatic heterocycles. The summed E-state index contributed by atoms with van der Waals surface area (Å²) in [5.41, 5.74) is 2.76. The summed E-state index contributed by atoms with van der Waals surface area (Å²) in [4.78, 5) is 23.8. The maximum absolute atomic E-state index is 12.0. The number of thioether (sulfide) groups is 1. The number of furan rings is 1. The zero-order valence-corrected chi connectivity index (χ0v) is 14.7. The topological polar surface area (TPSA) is 71.3 Å². The van der Waals surface area contributed by atoms with Crippen LogP contribution in [-0.2, 0) is 10.5 Å². The molecule has 1 aromatic heterocycles. The van der Waals surface area contributed by atoms with Crippen molar-refractivity contribution in [1.82, 2.24) is 10.6 Å².